The van der Waals surface area contributed by atoms with E-state index in [1.54, 1.807) is 0 Å². The standard InChI is InChI=1S/C30H37NO2/c1-6-7-9-14-26-28(27(19-32)30(22(4)5)31-29(26)21(2)3)24-15-17-25(18-16-24)33-20-23-12-10-8-11-13-23/h8-18,21-22,32H,6-7,19-20H2,1-5H3/b14-9+. The Labute approximate surface area is 199 Å². The number of ether oxygens (including phenoxy) is 1. The van der Waals surface area contributed by atoms with Crippen LogP contribution in [-0.4, -0.2) is 10.1 Å². The predicted molar refractivity (Wildman–Crippen MR) is 138 cm³/mol. The van der Waals surface area contributed by atoms with Crippen LogP contribution in [-0.2, 0) is 13.2 Å². The van der Waals surface area contributed by atoms with Crippen molar-refractivity contribution in [3.8, 4) is 16.9 Å². The SMILES string of the molecule is CCC/C=C/c1c(C(C)C)nc(C(C)C)c(CO)c1-c1ccc(OCc2ccccc2)cc1. The number of aliphatic hydroxyl groups is 1. The number of allylic oxidation sites excluding steroid dienone is 1. The molecule has 174 valence electrons. The molecule has 0 radical (unpaired) electrons. The Bertz CT molecular complexity index is 1050. The van der Waals surface area contributed by atoms with Crippen molar-refractivity contribution < 1.29 is 9.84 Å². The molecule has 0 atom stereocenters. The summed E-state index contributed by atoms with van der Waals surface area (Å²) >= 11 is 0. The molecule has 3 nitrogen and oxygen atoms in total. The van der Waals surface area contributed by atoms with Crippen LogP contribution in [0.3, 0.4) is 0 Å². The number of nitrogens with zero attached hydrogens (tertiary/aromatic N) is 1. The highest BCUT2D eigenvalue weighted by atomic mass is 16.5. The number of aromatic nitrogens is 1. The van der Waals surface area contributed by atoms with E-state index in [9.17, 15) is 5.11 Å². The number of aliphatic hydroxyl groups excluding tert-OH is 1. The minimum atomic E-state index is -0.0326. The smallest absolute Gasteiger partial charge is 0.119 e. The van der Waals surface area contributed by atoms with Crippen LogP contribution >= 0.6 is 0 Å². The molecule has 1 heterocycles. The first-order valence-electron chi connectivity index (χ1n) is 12.1. The average molecular weight is 444 g/mol. The molecule has 0 amide bonds. The van der Waals surface area contributed by atoms with E-state index in [1.165, 1.54) is 0 Å². The first-order valence-corrected chi connectivity index (χ1v) is 12.1. The van der Waals surface area contributed by atoms with E-state index in [2.05, 4.69) is 71.0 Å². The maximum absolute atomic E-state index is 10.4. The van der Waals surface area contributed by atoms with Gasteiger partial charge in [0.25, 0.3) is 0 Å². The Hall–Kier alpha value is -2.91. The van der Waals surface area contributed by atoms with Crippen LogP contribution in [0.4, 0.5) is 0 Å². The van der Waals surface area contributed by atoms with Crippen molar-refractivity contribution in [3.63, 3.8) is 0 Å². The summed E-state index contributed by atoms with van der Waals surface area (Å²) in [5.41, 5.74) is 7.41. The predicted octanol–water partition coefficient (Wildman–Crippen LogP) is 7.88. The maximum atomic E-state index is 10.4. The molecule has 3 heteroatoms. The molecule has 2 aromatic carbocycles. The second-order valence-corrected chi connectivity index (χ2v) is 9.11. The lowest BCUT2D eigenvalue weighted by Gasteiger charge is -2.23. The largest absolute Gasteiger partial charge is 0.489 e. The van der Waals surface area contributed by atoms with Gasteiger partial charge in [-0.1, -0.05) is 95.7 Å². The Balaban J connectivity index is 2.06. The molecule has 0 saturated carbocycles. The summed E-state index contributed by atoms with van der Waals surface area (Å²) in [6.07, 6.45) is 6.54. The molecule has 0 spiro atoms. The van der Waals surface area contributed by atoms with Crippen molar-refractivity contribution in [2.45, 2.75) is 72.5 Å². The summed E-state index contributed by atoms with van der Waals surface area (Å²) in [6.45, 7) is 11.3. The Kier molecular flexibility index (Phi) is 8.85. The second kappa shape index (κ2) is 11.8. The molecule has 3 rings (SSSR count). The highest BCUT2D eigenvalue weighted by Crippen LogP contribution is 2.38. The molecule has 0 fully saturated rings. The second-order valence-electron chi connectivity index (χ2n) is 9.11. The van der Waals surface area contributed by atoms with Crippen LogP contribution in [0.25, 0.3) is 17.2 Å². The lowest BCUT2D eigenvalue weighted by molar-refractivity contribution is 0.280. The molecule has 1 aromatic heterocycles. The molecule has 3 aromatic rings. The zero-order valence-electron chi connectivity index (χ0n) is 20.6. The maximum Gasteiger partial charge on any atom is 0.119 e. The summed E-state index contributed by atoms with van der Waals surface area (Å²) in [5.74, 6) is 1.34. The molecule has 33 heavy (non-hydrogen) atoms. The highest BCUT2D eigenvalue weighted by Gasteiger charge is 2.22. The Morgan fingerprint density at radius 1 is 0.909 bits per heavy atom. The van der Waals surface area contributed by atoms with Gasteiger partial charge in [0, 0.05) is 16.8 Å². The van der Waals surface area contributed by atoms with Crippen LogP contribution in [0.1, 0.15) is 87.4 Å². The number of pyridine rings is 1. The first-order chi connectivity index (χ1) is 16.0. The highest BCUT2D eigenvalue weighted by molar-refractivity contribution is 5.80. The summed E-state index contributed by atoms with van der Waals surface area (Å²) in [5, 5.41) is 10.4. The average Bonchev–Trinajstić information content (AvgIpc) is 2.83. The Morgan fingerprint density at radius 2 is 1.58 bits per heavy atom. The molecule has 0 aliphatic heterocycles. The normalized spacial score (nSPS) is 11.6. The van der Waals surface area contributed by atoms with Gasteiger partial charge in [0.15, 0.2) is 0 Å². The van der Waals surface area contributed by atoms with Gasteiger partial charge < -0.3 is 9.84 Å². The minimum Gasteiger partial charge on any atom is -0.489 e. The summed E-state index contributed by atoms with van der Waals surface area (Å²) in [6, 6.07) is 18.4. The van der Waals surface area contributed by atoms with Gasteiger partial charge in [-0.2, -0.15) is 0 Å². The van der Waals surface area contributed by atoms with Gasteiger partial charge in [-0.05, 0) is 47.1 Å². The molecule has 0 saturated heterocycles. The minimum absolute atomic E-state index is 0.0326. The fourth-order valence-corrected chi connectivity index (χ4v) is 4.08. The van der Waals surface area contributed by atoms with Crippen molar-refractivity contribution >= 4 is 6.08 Å². The third-order valence-electron chi connectivity index (χ3n) is 5.78. The summed E-state index contributed by atoms with van der Waals surface area (Å²) < 4.78 is 6.00. The van der Waals surface area contributed by atoms with Crippen molar-refractivity contribution in [3.05, 3.63) is 88.8 Å². The zero-order chi connectivity index (χ0) is 23.8. The quantitative estimate of drug-likeness (QED) is 0.346. The third-order valence-corrected chi connectivity index (χ3v) is 5.78. The van der Waals surface area contributed by atoms with Gasteiger partial charge in [-0.25, -0.2) is 0 Å². The van der Waals surface area contributed by atoms with Crippen LogP contribution in [0.5, 0.6) is 5.75 Å². The Morgan fingerprint density at radius 3 is 2.15 bits per heavy atom. The van der Waals surface area contributed by atoms with Gasteiger partial charge in [0.2, 0.25) is 0 Å². The fourth-order valence-electron chi connectivity index (χ4n) is 4.08. The zero-order valence-corrected chi connectivity index (χ0v) is 20.6. The van der Waals surface area contributed by atoms with E-state index in [-0.39, 0.29) is 18.4 Å². The lowest BCUT2D eigenvalue weighted by Crippen LogP contribution is -2.10. The molecule has 0 aliphatic rings. The number of rotatable bonds is 10. The van der Waals surface area contributed by atoms with E-state index >= 15 is 0 Å². The molecule has 0 bridgehead atoms. The molecule has 0 aliphatic carbocycles. The van der Waals surface area contributed by atoms with E-state index < -0.39 is 0 Å². The monoisotopic (exact) mass is 443 g/mol. The summed E-state index contributed by atoms with van der Waals surface area (Å²) in [7, 11) is 0. The third kappa shape index (κ3) is 6.11. The van der Waals surface area contributed by atoms with E-state index in [1.807, 2.05) is 30.3 Å². The van der Waals surface area contributed by atoms with Gasteiger partial charge in [-0.15, -0.1) is 0 Å². The number of hydrogen-bond donors (Lipinski definition) is 1. The van der Waals surface area contributed by atoms with Crippen LogP contribution < -0.4 is 4.74 Å². The van der Waals surface area contributed by atoms with Crippen molar-refractivity contribution in [1.82, 2.24) is 4.98 Å². The number of benzene rings is 2. The van der Waals surface area contributed by atoms with Gasteiger partial charge in [0.1, 0.15) is 12.4 Å². The van der Waals surface area contributed by atoms with Crippen molar-refractivity contribution in [2.24, 2.45) is 0 Å². The van der Waals surface area contributed by atoms with Crippen LogP contribution in [0.2, 0.25) is 0 Å². The van der Waals surface area contributed by atoms with E-state index in [0.717, 1.165) is 57.8 Å². The molecule has 1 N–H and O–H groups in total. The van der Waals surface area contributed by atoms with Crippen LogP contribution in [0, 0.1) is 0 Å². The van der Waals surface area contributed by atoms with E-state index in [4.69, 9.17) is 9.72 Å². The first kappa shape index (κ1) is 24.7. The van der Waals surface area contributed by atoms with Gasteiger partial charge in [0.05, 0.1) is 12.3 Å². The number of hydrogen-bond acceptors (Lipinski definition) is 3. The number of unbranched alkanes of at least 4 members (excludes halogenated alkanes) is 1. The molecule has 0 unspecified atom stereocenters. The van der Waals surface area contributed by atoms with E-state index in [0.29, 0.717) is 6.61 Å². The molecular formula is C30H37NO2. The summed E-state index contributed by atoms with van der Waals surface area (Å²) in [4.78, 5) is 5.05. The fraction of sp³-hybridized carbons (Fsp3) is 0.367. The van der Waals surface area contributed by atoms with Crippen LogP contribution in [0.15, 0.2) is 60.7 Å². The topological polar surface area (TPSA) is 42.4 Å². The molecular weight excluding hydrogens is 406 g/mol. The van der Waals surface area contributed by atoms with Crippen molar-refractivity contribution in [1.29, 1.82) is 0 Å². The lowest BCUT2D eigenvalue weighted by atomic mass is 9.87. The van der Waals surface area contributed by atoms with Gasteiger partial charge in [-0.3, -0.25) is 4.98 Å². The van der Waals surface area contributed by atoms with Gasteiger partial charge >= 0.3 is 0 Å². The van der Waals surface area contributed by atoms with Crippen molar-refractivity contribution in [2.75, 3.05) is 0 Å².